The summed E-state index contributed by atoms with van der Waals surface area (Å²) in [4.78, 5) is 3.46. The molecule has 1 atom stereocenters. The van der Waals surface area contributed by atoms with Gasteiger partial charge >= 0.3 is 0 Å². The predicted octanol–water partition coefficient (Wildman–Crippen LogP) is 1.65. The molecular formula is C9H11FN2O. The van der Waals surface area contributed by atoms with Crippen molar-refractivity contribution in [1.82, 2.24) is 4.98 Å². The van der Waals surface area contributed by atoms with Crippen LogP contribution in [0.3, 0.4) is 0 Å². The first-order valence-electron chi connectivity index (χ1n) is 4.30. The lowest BCUT2D eigenvalue weighted by molar-refractivity contribution is 0.112. The number of nitrogen functional groups attached to an aromatic ring is 1. The zero-order chi connectivity index (χ0) is 9.26. The molecule has 0 bridgehead atoms. The van der Waals surface area contributed by atoms with Crippen molar-refractivity contribution in [3.63, 3.8) is 0 Å². The first-order chi connectivity index (χ1) is 6.27. The highest BCUT2D eigenvalue weighted by Gasteiger charge is 2.20. The van der Waals surface area contributed by atoms with Gasteiger partial charge in [0.2, 0.25) is 5.95 Å². The second kappa shape index (κ2) is 3.30. The van der Waals surface area contributed by atoms with Crippen molar-refractivity contribution >= 4 is 5.69 Å². The van der Waals surface area contributed by atoms with E-state index in [0.29, 0.717) is 5.69 Å². The summed E-state index contributed by atoms with van der Waals surface area (Å²) in [6.07, 6.45) is 3.21. The Morgan fingerprint density at radius 3 is 3.15 bits per heavy atom. The van der Waals surface area contributed by atoms with Crippen LogP contribution in [0.4, 0.5) is 10.1 Å². The van der Waals surface area contributed by atoms with Crippen LogP contribution in [-0.4, -0.2) is 11.6 Å². The average molecular weight is 182 g/mol. The van der Waals surface area contributed by atoms with E-state index < -0.39 is 5.95 Å². The Morgan fingerprint density at radius 2 is 2.46 bits per heavy atom. The van der Waals surface area contributed by atoms with Gasteiger partial charge < -0.3 is 10.5 Å². The van der Waals surface area contributed by atoms with Crippen molar-refractivity contribution in [2.75, 3.05) is 12.3 Å². The van der Waals surface area contributed by atoms with E-state index in [0.717, 1.165) is 25.0 Å². The highest BCUT2D eigenvalue weighted by Crippen LogP contribution is 2.31. The molecular weight excluding hydrogens is 171 g/mol. The molecule has 0 saturated carbocycles. The number of anilines is 1. The lowest BCUT2D eigenvalue weighted by Crippen LogP contribution is -2.03. The third-order valence-electron chi connectivity index (χ3n) is 2.21. The van der Waals surface area contributed by atoms with Gasteiger partial charge in [0.25, 0.3) is 0 Å². The van der Waals surface area contributed by atoms with Crippen LogP contribution in [0, 0.1) is 5.95 Å². The monoisotopic (exact) mass is 182 g/mol. The minimum Gasteiger partial charge on any atom is -0.397 e. The van der Waals surface area contributed by atoms with Crippen molar-refractivity contribution in [2.24, 2.45) is 0 Å². The molecule has 1 aliphatic heterocycles. The van der Waals surface area contributed by atoms with Gasteiger partial charge in [0.1, 0.15) is 0 Å². The van der Waals surface area contributed by atoms with Gasteiger partial charge in [0.15, 0.2) is 0 Å². The largest absolute Gasteiger partial charge is 0.397 e. The van der Waals surface area contributed by atoms with Crippen molar-refractivity contribution in [1.29, 1.82) is 0 Å². The molecule has 0 unspecified atom stereocenters. The summed E-state index contributed by atoms with van der Waals surface area (Å²) in [5.74, 6) is -0.500. The number of nitrogens with two attached hydrogens (primary N) is 1. The average Bonchev–Trinajstić information content (AvgIpc) is 2.61. The summed E-state index contributed by atoms with van der Waals surface area (Å²) in [7, 11) is 0. The summed E-state index contributed by atoms with van der Waals surface area (Å²) in [5.41, 5.74) is 6.89. The van der Waals surface area contributed by atoms with Crippen molar-refractivity contribution in [2.45, 2.75) is 18.9 Å². The summed E-state index contributed by atoms with van der Waals surface area (Å²) in [6, 6.07) is 1.35. The number of halogens is 1. The topological polar surface area (TPSA) is 48.1 Å². The Kier molecular flexibility index (Phi) is 2.14. The molecule has 0 amide bonds. The van der Waals surface area contributed by atoms with Gasteiger partial charge in [-0.05, 0) is 12.8 Å². The van der Waals surface area contributed by atoms with Crippen molar-refractivity contribution in [3.8, 4) is 0 Å². The molecule has 1 fully saturated rings. The molecule has 2 heterocycles. The van der Waals surface area contributed by atoms with Gasteiger partial charge in [-0.15, -0.1) is 0 Å². The Morgan fingerprint density at radius 1 is 1.62 bits per heavy atom. The normalized spacial score (nSPS) is 22.1. The summed E-state index contributed by atoms with van der Waals surface area (Å²) in [6.45, 7) is 0.730. The molecule has 13 heavy (non-hydrogen) atoms. The minimum atomic E-state index is -0.500. The fourth-order valence-corrected chi connectivity index (χ4v) is 1.56. The summed E-state index contributed by atoms with van der Waals surface area (Å²) < 4.78 is 18.2. The van der Waals surface area contributed by atoms with Crippen LogP contribution in [0.25, 0.3) is 0 Å². The third kappa shape index (κ3) is 1.62. The molecule has 1 aromatic heterocycles. The predicted molar refractivity (Wildman–Crippen MR) is 46.5 cm³/mol. The van der Waals surface area contributed by atoms with Gasteiger partial charge in [0.05, 0.1) is 18.0 Å². The van der Waals surface area contributed by atoms with Gasteiger partial charge in [-0.2, -0.15) is 4.39 Å². The number of nitrogens with zero attached hydrogens (tertiary/aromatic N) is 1. The molecule has 0 aromatic carbocycles. The maximum Gasteiger partial charge on any atom is 0.213 e. The van der Waals surface area contributed by atoms with Crippen LogP contribution < -0.4 is 5.73 Å². The lowest BCUT2D eigenvalue weighted by atomic mass is 10.1. The number of hydrogen-bond acceptors (Lipinski definition) is 3. The minimum absolute atomic E-state index is 0.0440. The van der Waals surface area contributed by atoms with E-state index in [4.69, 9.17) is 10.5 Å². The van der Waals surface area contributed by atoms with Gasteiger partial charge in [-0.25, -0.2) is 4.98 Å². The number of aromatic nitrogens is 1. The Labute approximate surface area is 75.7 Å². The molecule has 1 saturated heterocycles. The van der Waals surface area contributed by atoms with Crippen molar-refractivity contribution < 1.29 is 9.13 Å². The van der Waals surface area contributed by atoms with E-state index in [-0.39, 0.29) is 6.10 Å². The van der Waals surface area contributed by atoms with Crippen LogP contribution in [0.2, 0.25) is 0 Å². The third-order valence-corrected chi connectivity index (χ3v) is 2.21. The highest BCUT2D eigenvalue weighted by molar-refractivity contribution is 5.45. The maximum absolute atomic E-state index is 12.8. The standard InChI is InChI=1S/C9H11FN2O/c10-9-4-6(7(11)5-12-9)8-2-1-3-13-8/h4-5,8H,1-3,11H2/t8-/m1/s1. The SMILES string of the molecule is Nc1cnc(F)cc1[C@H]1CCCO1. The Balaban J connectivity index is 2.32. The van der Waals surface area contributed by atoms with Gasteiger partial charge in [-0.3, -0.25) is 0 Å². The zero-order valence-corrected chi connectivity index (χ0v) is 7.16. The molecule has 1 aliphatic rings. The smallest absolute Gasteiger partial charge is 0.213 e. The molecule has 3 nitrogen and oxygen atoms in total. The van der Waals surface area contributed by atoms with Crippen LogP contribution in [-0.2, 0) is 4.74 Å². The first-order valence-corrected chi connectivity index (χ1v) is 4.30. The van der Waals surface area contributed by atoms with Crippen LogP contribution in [0.1, 0.15) is 24.5 Å². The fraction of sp³-hybridized carbons (Fsp3) is 0.444. The first kappa shape index (κ1) is 8.44. The molecule has 1 aromatic rings. The molecule has 0 aliphatic carbocycles. The van der Waals surface area contributed by atoms with Crippen molar-refractivity contribution in [3.05, 3.63) is 23.8 Å². The fourth-order valence-electron chi connectivity index (χ4n) is 1.56. The molecule has 4 heteroatoms. The van der Waals surface area contributed by atoms with E-state index in [9.17, 15) is 4.39 Å². The number of rotatable bonds is 1. The lowest BCUT2D eigenvalue weighted by Gasteiger charge is -2.11. The number of hydrogen-bond donors (Lipinski definition) is 1. The Bertz CT molecular complexity index is 310. The zero-order valence-electron chi connectivity index (χ0n) is 7.16. The quantitative estimate of drug-likeness (QED) is 0.672. The van der Waals surface area contributed by atoms with Crippen LogP contribution in [0.15, 0.2) is 12.3 Å². The van der Waals surface area contributed by atoms with Crippen LogP contribution in [0.5, 0.6) is 0 Å². The number of pyridine rings is 1. The van der Waals surface area contributed by atoms with E-state index in [1.165, 1.54) is 12.3 Å². The Hall–Kier alpha value is -1.16. The maximum atomic E-state index is 12.8. The van der Waals surface area contributed by atoms with Crippen LogP contribution >= 0.6 is 0 Å². The summed E-state index contributed by atoms with van der Waals surface area (Å²) in [5, 5.41) is 0. The summed E-state index contributed by atoms with van der Waals surface area (Å²) >= 11 is 0. The molecule has 2 rings (SSSR count). The second-order valence-corrected chi connectivity index (χ2v) is 3.14. The van der Waals surface area contributed by atoms with E-state index in [2.05, 4.69) is 4.98 Å². The molecule has 0 spiro atoms. The van der Waals surface area contributed by atoms with E-state index in [1.807, 2.05) is 0 Å². The van der Waals surface area contributed by atoms with Gasteiger partial charge in [0, 0.05) is 18.2 Å². The van der Waals surface area contributed by atoms with E-state index >= 15 is 0 Å². The molecule has 2 N–H and O–H groups in total. The molecule has 70 valence electrons. The second-order valence-electron chi connectivity index (χ2n) is 3.14. The van der Waals surface area contributed by atoms with E-state index in [1.54, 1.807) is 0 Å². The number of ether oxygens (including phenoxy) is 1. The van der Waals surface area contributed by atoms with Gasteiger partial charge in [-0.1, -0.05) is 0 Å². The highest BCUT2D eigenvalue weighted by atomic mass is 19.1. The molecule has 0 radical (unpaired) electrons.